The Balaban J connectivity index is 2.08. The van der Waals surface area contributed by atoms with E-state index in [-0.39, 0.29) is 39.1 Å². The minimum Gasteiger partial charge on any atom is -0.352 e. The van der Waals surface area contributed by atoms with Crippen LogP contribution in [0.2, 0.25) is 10.0 Å². The maximum atomic E-state index is 14.0. The molecule has 0 saturated carbocycles. The lowest BCUT2D eigenvalue weighted by Crippen LogP contribution is -2.53. The highest BCUT2D eigenvalue weighted by molar-refractivity contribution is 7.92. The van der Waals surface area contributed by atoms with Crippen molar-refractivity contribution >= 4 is 50.7 Å². The van der Waals surface area contributed by atoms with Gasteiger partial charge >= 0.3 is 0 Å². The molecule has 10 heteroatoms. The number of halogens is 2. The molecular weight excluding hydrogens is 557 g/mol. The molecule has 0 aliphatic carbocycles. The van der Waals surface area contributed by atoms with Gasteiger partial charge < -0.3 is 10.2 Å². The maximum Gasteiger partial charge on any atom is 0.264 e. The Hall–Kier alpha value is -3.07. The van der Waals surface area contributed by atoms with Crippen molar-refractivity contribution in [3.8, 4) is 0 Å². The topological polar surface area (TPSA) is 86.8 Å². The van der Waals surface area contributed by atoms with Gasteiger partial charge in [0.15, 0.2) is 0 Å². The summed E-state index contributed by atoms with van der Waals surface area (Å²) < 4.78 is 28.8. The number of anilines is 1. The summed E-state index contributed by atoms with van der Waals surface area (Å²) in [4.78, 5) is 28.6. The molecule has 0 heterocycles. The fourth-order valence-corrected chi connectivity index (χ4v) is 6.04. The highest BCUT2D eigenvalue weighted by atomic mass is 35.5. The van der Waals surface area contributed by atoms with Crippen LogP contribution in [0.5, 0.6) is 0 Å². The van der Waals surface area contributed by atoms with Crippen molar-refractivity contribution in [2.45, 2.75) is 57.6 Å². The molecule has 2 amide bonds. The minimum absolute atomic E-state index is 0.0104. The molecule has 0 spiro atoms. The molecular formula is C29H33Cl2N3O4S. The second-order valence-corrected chi connectivity index (χ2v) is 12.3. The molecule has 0 aliphatic heterocycles. The molecule has 0 unspecified atom stereocenters. The first-order valence-corrected chi connectivity index (χ1v) is 14.8. The van der Waals surface area contributed by atoms with Gasteiger partial charge in [-0.25, -0.2) is 8.42 Å². The molecule has 0 fully saturated rings. The van der Waals surface area contributed by atoms with E-state index in [1.54, 1.807) is 12.1 Å². The molecule has 0 aromatic heterocycles. The van der Waals surface area contributed by atoms with Gasteiger partial charge in [0.1, 0.15) is 12.6 Å². The monoisotopic (exact) mass is 589 g/mol. The number of rotatable bonds is 11. The SMILES string of the molecule is CC[C@@H](C(=O)NC(C)C)N(Cc1ccccc1)C(=O)CN(c1cc(Cl)cc(Cl)c1)S(=O)(=O)c1ccc(C)cc1. The van der Waals surface area contributed by atoms with Gasteiger partial charge in [0.25, 0.3) is 10.0 Å². The molecule has 3 aromatic carbocycles. The number of benzene rings is 3. The van der Waals surface area contributed by atoms with Crippen molar-refractivity contribution in [1.29, 1.82) is 0 Å². The zero-order valence-electron chi connectivity index (χ0n) is 22.4. The van der Waals surface area contributed by atoms with E-state index in [0.29, 0.717) is 6.42 Å². The molecule has 1 N–H and O–H groups in total. The third-order valence-corrected chi connectivity index (χ3v) is 8.26. The fourth-order valence-electron chi connectivity index (χ4n) is 4.13. The van der Waals surface area contributed by atoms with Crippen molar-refractivity contribution in [2.24, 2.45) is 0 Å². The van der Waals surface area contributed by atoms with Crippen LogP contribution in [0.15, 0.2) is 77.7 Å². The van der Waals surface area contributed by atoms with Crippen molar-refractivity contribution in [2.75, 3.05) is 10.8 Å². The van der Waals surface area contributed by atoms with E-state index in [1.807, 2.05) is 58.0 Å². The number of hydrogen-bond acceptors (Lipinski definition) is 4. The Kier molecular flexibility index (Phi) is 10.4. The van der Waals surface area contributed by atoms with E-state index in [0.717, 1.165) is 15.4 Å². The van der Waals surface area contributed by atoms with E-state index in [4.69, 9.17) is 23.2 Å². The number of carbonyl (C=O) groups excluding carboxylic acids is 2. The van der Waals surface area contributed by atoms with Crippen LogP contribution in [0.4, 0.5) is 5.69 Å². The highest BCUT2D eigenvalue weighted by Gasteiger charge is 2.34. The molecule has 7 nitrogen and oxygen atoms in total. The van der Waals surface area contributed by atoms with Crippen molar-refractivity contribution in [1.82, 2.24) is 10.2 Å². The standard InChI is InChI=1S/C29H33Cl2N3O4S/c1-5-27(29(36)32-20(2)3)33(18-22-9-7-6-8-10-22)28(35)19-34(25-16-23(30)15-24(31)17-25)39(37,38)26-13-11-21(4)12-14-26/h6-17,20,27H,5,18-19H2,1-4H3,(H,32,36)/t27-/m0/s1. The smallest absolute Gasteiger partial charge is 0.264 e. The number of carbonyl (C=O) groups is 2. The van der Waals surface area contributed by atoms with Gasteiger partial charge in [-0.1, -0.05) is 78.2 Å². The second kappa shape index (κ2) is 13.3. The lowest BCUT2D eigenvalue weighted by Gasteiger charge is -2.33. The van der Waals surface area contributed by atoms with Crippen LogP contribution in [-0.2, 0) is 26.2 Å². The lowest BCUT2D eigenvalue weighted by atomic mass is 10.1. The molecule has 3 aromatic rings. The van der Waals surface area contributed by atoms with Gasteiger partial charge in [-0.3, -0.25) is 13.9 Å². The summed E-state index contributed by atoms with van der Waals surface area (Å²) in [5.41, 5.74) is 1.83. The van der Waals surface area contributed by atoms with E-state index >= 15 is 0 Å². The quantitative estimate of drug-likeness (QED) is 0.305. The number of nitrogens with one attached hydrogen (secondary N) is 1. The van der Waals surface area contributed by atoms with Gasteiger partial charge in [0.2, 0.25) is 11.8 Å². The van der Waals surface area contributed by atoms with Crippen LogP contribution in [0.3, 0.4) is 0 Å². The molecule has 39 heavy (non-hydrogen) atoms. The van der Waals surface area contributed by atoms with Gasteiger partial charge in [0, 0.05) is 22.6 Å². The molecule has 0 saturated heterocycles. The fraction of sp³-hybridized carbons (Fsp3) is 0.310. The number of amides is 2. The van der Waals surface area contributed by atoms with E-state index in [2.05, 4.69) is 5.32 Å². The number of aryl methyl sites for hydroxylation is 1. The first kappa shape index (κ1) is 30.5. The van der Waals surface area contributed by atoms with Crippen molar-refractivity contribution in [3.63, 3.8) is 0 Å². The van der Waals surface area contributed by atoms with Crippen LogP contribution in [0.1, 0.15) is 38.3 Å². The van der Waals surface area contributed by atoms with Gasteiger partial charge in [0.05, 0.1) is 10.6 Å². The van der Waals surface area contributed by atoms with Crippen LogP contribution >= 0.6 is 23.2 Å². The summed E-state index contributed by atoms with van der Waals surface area (Å²) in [5, 5.41) is 3.32. The Morgan fingerprint density at radius 1 is 0.923 bits per heavy atom. The predicted molar refractivity (Wildman–Crippen MR) is 157 cm³/mol. The lowest BCUT2D eigenvalue weighted by molar-refractivity contribution is -0.140. The van der Waals surface area contributed by atoms with Crippen molar-refractivity contribution in [3.05, 3.63) is 94.0 Å². The zero-order valence-corrected chi connectivity index (χ0v) is 24.7. The van der Waals surface area contributed by atoms with E-state index < -0.39 is 28.5 Å². The van der Waals surface area contributed by atoms with Crippen LogP contribution in [0.25, 0.3) is 0 Å². The van der Waals surface area contributed by atoms with E-state index in [1.165, 1.54) is 35.2 Å². The summed E-state index contributed by atoms with van der Waals surface area (Å²) in [5.74, 6) is -0.855. The summed E-state index contributed by atoms with van der Waals surface area (Å²) in [6, 6.07) is 19.0. The molecule has 0 aliphatic rings. The second-order valence-electron chi connectivity index (χ2n) is 9.55. The third kappa shape index (κ3) is 7.97. The first-order valence-electron chi connectivity index (χ1n) is 12.6. The number of hydrogen-bond donors (Lipinski definition) is 1. The molecule has 3 rings (SSSR count). The Morgan fingerprint density at radius 2 is 1.51 bits per heavy atom. The highest BCUT2D eigenvalue weighted by Crippen LogP contribution is 2.30. The zero-order chi connectivity index (χ0) is 28.7. The van der Waals surface area contributed by atoms with Crippen LogP contribution in [-0.4, -0.2) is 43.8 Å². The Morgan fingerprint density at radius 3 is 2.05 bits per heavy atom. The average Bonchev–Trinajstić information content (AvgIpc) is 2.86. The number of nitrogens with zero attached hydrogens (tertiary/aromatic N) is 2. The molecule has 0 radical (unpaired) electrons. The Labute approximate surface area is 240 Å². The number of sulfonamides is 1. The van der Waals surface area contributed by atoms with E-state index in [9.17, 15) is 18.0 Å². The van der Waals surface area contributed by atoms with Gasteiger partial charge in [-0.15, -0.1) is 0 Å². The van der Waals surface area contributed by atoms with Crippen LogP contribution < -0.4 is 9.62 Å². The summed E-state index contributed by atoms with van der Waals surface area (Å²) in [7, 11) is -4.21. The third-order valence-electron chi connectivity index (χ3n) is 6.04. The summed E-state index contributed by atoms with van der Waals surface area (Å²) in [6.07, 6.45) is 0.338. The minimum atomic E-state index is -4.21. The average molecular weight is 591 g/mol. The van der Waals surface area contributed by atoms with Crippen molar-refractivity contribution < 1.29 is 18.0 Å². The van der Waals surface area contributed by atoms with Gasteiger partial charge in [-0.2, -0.15) is 0 Å². The normalized spacial score (nSPS) is 12.2. The largest absolute Gasteiger partial charge is 0.352 e. The maximum absolute atomic E-state index is 14.0. The first-order chi connectivity index (χ1) is 18.4. The van der Waals surface area contributed by atoms with Crippen LogP contribution in [0, 0.1) is 6.92 Å². The molecule has 208 valence electrons. The molecule has 1 atom stereocenters. The van der Waals surface area contributed by atoms with Gasteiger partial charge in [-0.05, 0) is 63.1 Å². The predicted octanol–water partition coefficient (Wildman–Crippen LogP) is 5.83. The Bertz CT molecular complexity index is 1380. The summed E-state index contributed by atoms with van der Waals surface area (Å²) in [6.45, 7) is 6.90. The molecule has 0 bridgehead atoms. The summed E-state index contributed by atoms with van der Waals surface area (Å²) >= 11 is 12.5.